The maximum atomic E-state index is 11.1. The molecule has 138 valence electrons. The Labute approximate surface area is 140 Å². The van der Waals surface area contributed by atoms with Gasteiger partial charge in [0.15, 0.2) is 0 Å². The van der Waals surface area contributed by atoms with Crippen molar-refractivity contribution in [3.05, 3.63) is 12.7 Å². The van der Waals surface area contributed by atoms with E-state index >= 15 is 0 Å². The maximum Gasteiger partial charge on any atom is 0.330 e. The van der Waals surface area contributed by atoms with Gasteiger partial charge >= 0.3 is 17.9 Å². The van der Waals surface area contributed by atoms with Crippen LogP contribution in [0.5, 0.6) is 0 Å². The van der Waals surface area contributed by atoms with Crippen LogP contribution in [0, 0.1) is 0 Å². The SMILES string of the molecule is C=CC(=O)OCCOCCOCCOCCOC(=O)CCC(=O)O. The molecule has 0 radical (unpaired) electrons. The number of carbonyl (C=O) groups excluding carboxylic acids is 2. The number of esters is 2. The Morgan fingerprint density at radius 3 is 1.67 bits per heavy atom. The zero-order valence-electron chi connectivity index (χ0n) is 13.6. The third-order valence-corrected chi connectivity index (χ3v) is 2.42. The molecule has 0 aliphatic heterocycles. The first-order chi connectivity index (χ1) is 11.6. The Morgan fingerprint density at radius 2 is 1.21 bits per heavy atom. The van der Waals surface area contributed by atoms with Crippen molar-refractivity contribution in [3.8, 4) is 0 Å². The standard InChI is InChI=1S/C15H24O9/c1-2-14(18)23-11-9-21-7-5-20-6-8-22-10-12-24-15(19)4-3-13(16)17/h2H,1,3-12H2,(H,16,17). The van der Waals surface area contributed by atoms with E-state index in [-0.39, 0.29) is 39.3 Å². The lowest BCUT2D eigenvalue weighted by Gasteiger charge is -2.07. The van der Waals surface area contributed by atoms with Gasteiger partial charge < -0.3 is 28.8 Å². The highest BCUT2D eigenvalue weighted by molar-refractivity contribution is 5.81. The van der Waals surface area contributed by atoms with E-state index in [1.54, 1.807) is 0 Å². The molecule has 1 N–H and O–H groups in total. The van der Waals surface area contributed by atoms with Crippen LogP contribution in [0.25, 0.3) is 0 Å². The van der Waals surface area contributed by atoms with Gasteiger partial charge in [-0.05, 0) is 0 Å². The van der Waals surface area contributed by atoms with E-state index in [4.69, 9.17) is 28.8 Å². The topological polar surface area (TPSA) is 118 Å². The van der Waals surface area contributed by atoms with Crippen molar-refractivity contribution in [3.63, 3.8) is 0 Å². The molecule has 24 heavy (non-hydrogen) atoms. The van der Waals surface area contributed by atoms with Crippen molar-refractivity contribution >= 4 is 17.9 Å². The smallest absolute Gasteiger partial charge is 0.330 e. The molecule has 0 rings (SSSR count). The van der Waals surface area contributed by atoms with Crippen molar-refractivity contribution in [1.29, 1.82) is 0 Å². The third-order valence-electron chi connectivity index (χ3n) is 2.42. The summed E-state index contributed by atoms with van der Waals surface area (Å²) < 4.78 is 25.0. The molecule has 0 aliphatic carbocycles. The molecule has 0 heterocycles. The van der Waals surface area contributed by atoms with E-state index in [1.165, 1.54) is 0 Å². The predicted molar refractivity (Wildman–Crippen MR) is 81.4 cm³/mol. The first-order valence-corrected chi connectivity index (χ1v) is 7.46. The van der Waals surface area contributed by atoms with Crippen LogP contribution in [0.4, 0.5) is 0 Å². The van der Waals surface area contributed by atoms with E-state index in [9.17, 15) is 14.4 Å². The predicted octanol–water partition coefficient (Wildman–Crippen LogP) is 0.173. The van der Waals surface area contributed by atoms with Gasteiger partial charge in [-0.2, -0.15) is 0 Å². The minimum absolute atomic E-state index is 0.0744. The lowest BCUT2D eigenvalue weighted by molar-refractivity contribution is -0.149. The fraction of sp³-hybridized carbons (Fsp3) is 0.667. The Balaban J connectivity index is 3.17. The van der Waals surface area contributed by atoms with Crippen LogP contribution in [-0.2, 0) is 38.1 Å². The lowest BCUT2D eigenvalue weighted by Crippen LogP contribution is -2.15. The van der Waals surface area contributed by atoms with E-state index in [2.05, 4.69) is 6.58 Å². The monoisotopic (exact) mass is 348 g/mol. The number of carboxylic acid groups (broad SMARTS) is 1. The normalized spacial score (nSPS) is 10.2. The number of hydrogen-bond donors (Lipinski definition) is 1. The van der Waals surface area contributed by atoms with Gasteiger partial charge in [-0.15, -0.1) is 0 Å². The number of hydrogen-bond acceptors (Lipinski definition) is 8. The zero-order chi connectivity index (χ0) is 18.0. The van der Waals surface area contributed by atoms with Gasteiger partial charge in [0.05, 0.1) is 52.5 Å². The number of ether oxygens (including phenoxy) is 5. The van der Waals surface area contributed by atoms with Crippen molar-refractivity contribution in [2.24, 2.45) is 0 Å². The molecule has 0 bridgehead atoms. The summed E-state index contributed by atoms with van der Waals surface area (Å²) in [7, 11) is 0. The second-order valence-corrected chi connectivity index (χ2v) is 4.32. The Bertz CT molecular complexity index is 381. The Hall–Kier alpha value is -1.97. The molecule has 0 aromatic heterocycles. The third kappa shape index (κ3) is 16.4. The van der Waals surface area contributed by atoms with Gasteiger partial charge in [0.25, 0.3) is 0 Å². The molecular formula is C15H24O9. The molecule has 9 nitrogen and oxygen atoms in total. The van der Waals surface area contributed by atoms with E-state index in [0.29, 0.717) is 26.4 Å². The summed E-state index contributed by atoms with van der Waals surface area (Å²) >= 11 is 0. The molecule has 0 fully saturated rings. The summed E-state index contributed by atoms with van der Waals surface area (Å²) in [5, 5.41) is 8.39. The minimum Gasteiger partial charge on any atom is -0.481 e. The van der Waals surface area contributed by atoms with Crippen molar-refractivity contribution < 1.29 is 43.2 Å². The van der Waals surface area contributed by atoms with E-state index < -0.39 is 17.9 Å². The minimum atomic E-state index is -1.04. The van der Waals surface area contributed by atoms with Gasteiger partial charge in [-0.1, -0.05) is 6.58 Å². The summed E-state index contributed by atoms with van der Waals surface area (Å²) in [6.07, 6.45) is 0.692. The van der Waals surface area contributed by atoms with Gasteiger partial charge in [0, 0.05) is 6.08 Å². The molecule has 0 saturated heterocycles. The van der Waals surface area contributed by atoms with Crippen molar-refractivity contribution in [1.82, 2.24) is 0 Å². The molecule has 0 spiro atoms. The van der Waals surface area contributed by atoms with Gasteiger partial charge in [0.1, 0.15) is 13.2 Å². The first-order valence-electron chi connectivity index (χ1n) is 7.46. The van der Waals surface area contributed by atoms with Gasteiger partial charge in [0.2, 0.25) is 0 Å². The summed E-state index contributed by atoms with van der Waals surface area (Å²) in [6, 6.07) is 0. The first kappa shape index (κ1) is 22.0. The molecule has 0 aromatic rings. The Morgan fingerprint density at radius 1 is 0.750 bits per heavy atom. The number of rotatable bonds is 16. The van der Waals surface area contributed by atoms with Crippen LogP contribution >= 0.6 is 0 Å². The maximum absolute atomic E-state index is 11.1. The average molecular weight is 348 g/mol. The molecule has 0 amide bonds. The second-order valence-electron chi connectivity index (χ2n) is 4.32. The molecule has 0 aliphatic rings. The van der Waals surface area contributed by atoms with Crippen LogP contribution in [0.3, 0.4) is 0 Å². The summed E-state index contributed by atoms with van der Waals surface area (Å²) in [6.45, 7) is 5.45. The van der Waals surface area contributed by atoms with Crippen LogP contribution < -0.4 is 0 Å². The molecule has 0 unspecified atom stereocenters. The molecule has 9 heteroatoms. The van der Waals surface area contributed by atoms with Crippen molar-refractivity contribution in [2.45, 2.75) is 12.8 Å². The quantitative estimate of drug-likeness (QED) is 0.237. The fourth-order valence-electron chi connectivity index (χ4n) is 1.30. The Kier molecular flexibility index (Phi) is 14.6. The van der Waals surface area contributed by atoms with E-state index in [0.717, 1.165) is 6.08 Å². The fourth-order valence-corrected chi connectivity index (χ4v) is 1.30. The molecule has 0 atom stereocenters. The average Bonchev–Trinajstić information content (AvgIpc) is 2.56. The largest absolute Gasteiger partial charge is 0.481 e. The molecule has 0 saturated carbocycles. The van der Waals surface area contributed by atoms with Crippen molar-refractivity contribution in [2.75, 3.05) is 52.9 Å². The number of carboxylic acids is 1. The number of aliphatic carboxylic acids is 1. The van der Waals surface area contributed by atoms with Gasteiger partial charge in [-0.3, -0.25) is 9.59 Å². The van der Waals surface area contributed by atoms with Crippen LogP contribution in [0.1, 0.15) is 12.8 Å². The van der Waals surface area contributed by atoms with Crippen LogP contribution in [0.15, 0.2) is 12.7 Å². The van der Waals surface area contributed by atoms with Crippen LogP contribution in [0.2, 0.25) is 0 Å². The highest BCUT2D eigenvalue weighted by atomic mass is 16.6. The summed E-state index contributed by atoms with van der Waals surface area (Å²) in [5.74, 6) is -2.09. The van der Waals surface area contributed by atoms with Crippen LogP contribution in [-0.4, -0.2) is 75.9 Å². The second kappa shape index (κ2) is 15.9. The lowest BCUT2D eigenvalue weighted by atomic mass is 10.3. The highest BCUT2D eigenvalue weighted by Gasteiger charge is 2.05. The molecule has 0 aromatic carbocycles. The number of carbonyl (C=O) groups is 3. The van der Waals surface area contributed by atoms with Gasteiger partial charge in [-0.25, -0.2) is 4.79 Å². The summed E-state index contributed by atoms with van der Waals surface area (Å²) in [4.78, 5) is 32.0. The zero-order valence-corrected chi connectivity index (χ0v) is 13.6. The highest BCUT2D eigenvalue weighted by Crippen LogP contribution is 1.93. The molecular weight excluding hydrogens is 324 g/mol. The van der Waals surface area contributed by atoms with E-state index in [1.807, 2.05) is 0 Å². The summed E-state index contributed by atoms with van der Waals surface area (Å²) in [5.41, 5.74) is 0.